The van der Waals surface area contributed by atoms with Crippen molar-refractivity contribution in [2.45, 2.75) is 39.4 Å². The fraction of sp³-hybridized carbons (Fsp3) is 0.368. The Hall–Kier alpha value is -2.20. The van der Waals surface area contributed by atoms with Crippen LogP contribution in [-0.2, 0) is 19.5 Å². The maximum absolute atomic E-state index is 4.37. The third-order valence-corrected chi connectivity index (χ3v) is 4.48. The van der Waals surface area contributed by atoms with Gasteiger partial charge in [0.2, 0.25) is 0 Å². The van der Waals surface area contributed by atoms with Gasteiger partial charge < -0.3 is 4.57 Å². The van der Waals surface area contributed by atoms with Crippen LogP contribution < -0.4 is 0 Å². The van der Waals surface area contributed by atoms with Gasteiger partial charge in [0.15, 0.2) is 0 Å². The quantitative estimate of drug-likeness (QED) is 0.699. The predicted molar refractivity (Wildman–Crippen MR) is 94.3 cm³/mol. The van der Waals surface area contributed by atoms with Crippen LogP contribution in [0.2, 0.25) is 0 Å². The SMILES string of the molecule is CCn1ccc2cc(CN(C)[C@H](C)Cc3cnccn3)ccc21. The minimum absolute atomic E-state index is 0.419. The van der Waals surface area contributed by atoms with E-state index in [4.69, 9.17) is 0 Å². The van der Waals surface area contributed by atoms with Gasteiger partial charge in [-0.25, -0.2) is 0 Å². The molecule has 4 heteroatoms. The number of nitrogens with zero attached hydrogens (tertiary/aromatic N) is 4. The van der Waals surface area contributed by atoms with E-state index in [0.29, 0.717) is 6.04 Å². The van der Waals surface area contributed by atoms with Crippen molar-refractivity contribution in [2.75, 3.05) is 7.05 Å². The minimum atomic E-state index is 0.419. The molecular formula is C19H24N4. The lowest BCUT2D eigenvalue weighted by atomic mass is 10.1. The first-order valence-electron chi connectivity index (χ1n) is 8.20. The number of likely N-dealkylation sites (N-methyl/N-ethyl adjacent to an activating group) is 1. The molecule has 120 valence electrons. The molecule has 1 aromatic carbocycles. The summed E-state index contributed by atoms with van der Waals surface area (Å²) in [4.78, 5) is 10.9. The average Bonchev–Trinajstić information content (AvgIpc) is 2.98. The van der Waals surface area contributed by atoms with E-state index in [9.17, 15) is 0 Å². The number of benzene rings is 1. The van der Waals surface area contributed by atoms with Crippen molar-refractivity contribution in [1.82, 2.24) is 19.4 Å². The van der Waals surface area contributed by atoms with Crippen LogP contribution in [0.5, 0.6) is 0 Å². The van der Waals surface area contributed by atoms with Crippen LogP contribution in [0.1, 0.15) is 25.1 Å². The van der Waals surface area contributed by atoms with E-state index in [1.165, 1.54) is 16.5 Å². The fourth-order valence-electron chi connectivity index (χ4n) is 2.96. The summed E-state index contributed by atoms with van der Waals surface area (Å²) >= 11 is 0. The average molecular weight is 308 g/mol. The van der Waals surface area contributed by atoms with Gasteiger partial charge in [0.25, 0.3) is 0 Å². The van der Waals surface area contributed by atoms with E-state index in [1.807, 2.05) is 6.20 Å². The van der Waals surface area contributed by atoms with Gasteiger partial charge in [0.05, 0.1) is 5.69 Å². The van der Waals surface area contributed by atoms with Crippen molar-refractivity contribution in [3.8, 4) is 0 Å². The lowest BCUT2D eigenvalue weighted by Crippen LogP contribution is -2.30. The highest BCUT2D eigenvalue weighted by atomic mass is 15.1. The van der Waals surface area contributed by atoms with Gasteiger partial charge in [-0.15, -0.1) is 0 Å². The normalized spacial score (nSPS) is 12.9. The van der Waals surface area contributed by atoms with Crippen LogP contribution in [0.25, 0.3) is 10.9 Å². The van der Waals surface area contributed by atoms with Gasteiger partial charge in [-0.2, -0.15) is 0 Å². The van der Waals surface area contributed by atoms with E-state index >= 15 is 0 Å². The summed E-state index contributed by atoms with van der Waals surface area (Å²) in [5, 5.41) is 1.32. The van der Waals surface area contributed by atoms with Crippen LogP contribution in [0.15, 0.2) is 49.1 Å². The molecule has 23 heavy (non-hydrogen) atoms. The number of aromatic nitrogens is 3. The third kappa shape index (κ3) is 3.59. The smallest absolute Gasteiger partial charge is 0.0602 e. The number of fused-ring (bicyclic) bond motifs is 1. The molecule has 0 bridgehead atoms. The molecule has 3 aromatic rings. The molecule has 0 saturated carbocycles. The molecule has 0 unspecified atom stereocenters. The summed E-state index contributed by atoms with van der Waals surface area (Å²) in [6, 6.07) is 9.39. The maximum Gasteiger partial charge on any atom is 0.0602 e. The monoisotopic (exact) mass is 308 g/mol. The van der Waals surface area contributed by atoms with Gasteiger partial charge in [-0.1, -0.05) is 6.07 Å². The molecule has 0 N–H and O–H groups in total. The van der Waals surface area contributed by atoms with Gasteiger partial charge in [-0.05, 0) is 50.0 Å². The standard InChI is InChI=1S/C19H24N4/c1-4-23-10-7-17-12-16(5-6-19(17)23)14-22(3)15(2)11-18-13-20-8-9-21-18/h5-10,12-13,15H,4,11,14H2,1-3H3/t15-/m1/s1. The second-order valence-electron chi connectivity index (χ2n) is 6.16. The molecule has 0 radical (unpaired) electrons. The van der Waals surface area contributed by atoms with Crippen LogP contribution in [-0.4, -0.2) is 32.5 Å². The second-order valence-corrected chi connectivity index (χ2v) is 6.16. The number of hydrogen-bond acceptors (Lipinski definition) is 3. The maximum atomic E-state index is 4.37. The molecule has 0 aliphatic rings. The van der Waals surface area contributed by atoms with Crippen LogP contribution >= 0.6 is 0 Å². The summed E-state index contributed by atoms with van der Waals surface area (Å²) < 4.78 is 2.28. The summed E-state index contributed by atoms with van der Waals surface area (Å²) in [5.74, 6) is 0. The van der Waals surface area contributed by atoms with Crippen molar-refractivity contribution in [3.05, 3.63) is 60.3 Å². The zero-order valence-electron chi connectivity index (χ0n) is 14.1. The molecule has 0 fully saturated rings. The minimum Gasteiger partial charge on any atom is -0.348 e. The van der Waals surface area contributed by atoms with E-state index in [0.717, 1.165) is 25.2 Å². The Balaban J connectivity index is 1.68. The summed E-state index contributed by atoms with van der Waals surface area (Å²) in [6.45, 7) is 6.36. The molecule has 0 aliphatic heterocycles. The van der Waals surface area contributed by atoms with E-state index in [2.05, 4.69) is 70.8 Å². The lowest BCUT2D eigenvalue weighted by Gasteiger charge is -2.24. The van der Waals surface area contributed by atoms with Gasteiger partial charge in [-0.3, -0.25) is 14.9 Å². The van der Waals surface area contributed by atoms with E-state index < -0.39 is 0 Å². The predicted octanol–water partition coefficient (Wildman–Crippen LogP) is 3.51. The summed E-state index contributed by atoms with van der Waals surface area (Å²) in [5.41, 5.74) is 3.70. The first kappa shape index (κ1) is 15.7. The van der Waals surface area contributed by atoms with Crippen molar-refractivity contribution >= 4 is 10.9 Å². The molecule has 2 heterocycles. The number of hydrogen-bond donors (Lipinski definition) is 0. The third-order valence-electron chi connectivity index (χ3n) is 4.48. The molecular weight excluding hydrogens is 284 g/mol. The Morgan fingerprint density at radius 2 is 2.09 bits per heavy atom. The summed E-state index contributed by atoms with van der Waals surface area (Å²) in [6.07, 6.45) is 8.40. The van der Waals surface area contributed by atoms with E-state index in [1.54, 1.807) is 12.4 Å². The molecule has 1 atom stereocenters. The van der Waals surface area contributed by atoms with Gasteiger partial charge >= 0.3 is 0 Å². The van der Waals surface area contributed by atoms with Crippen molar-refractivity contribution < 1.29 is 0 Å². The lowest BCUT2D eigenvalue weighted by molar-refractivity contribution is 0.247. The van der Waals surface area contributed by atoms with Crippen molar-refractivity contribution in [1.29, 1.82) is 0 Å². The number of rotatable bonds is 6. The van der Waals surface area contributed by atoms with Crippen LogP contribution in [0.4, 0.5) is 0 Å². The highest BCUT2D eigenvalue weighted by Crippen LogP contribution is 2.19. The highest BCUT2D eigenvalue weighted by molar-refractivity contribution is 5.80. The van der Waals surface area contributed by atoms with Crippen molar-refractivity contribution in [2.24, 2.45) is 0 Å². The second kappa shape index (κ2) is 6.92. The number of aryl methyl sites for hydroxylation is 1. The Kier molecular flexibility index (Phi) is 4.72. The Morgan fingerprint density at radius 3 is 2.83 bits per heavy atom. The molecule has 0 spiro atoms. The van der Waals surface area contributed by atoms with Crippen LogP contribution in [0.3, 0.4) is 0 Å². The molecule has 0 amide bonds. The Bertz CT molecular complexity index is 763. The van der Waals surface area contributed by atoms with Crippen LogP contribution in [0, 0.1) is 0 Å². The fourth-order valence-corrected chi connectivity index (χ4v) is 2.96. The molecule has 4 nitrogen and oxygen atoms in total. The highest BCUT2D eigenvalue weighted by Gasteiger charge is 2.12. The Morgan fingerprint density at radius 1 is 1.22 bits per heavy atom. The largest absolute Gasteiger partial charge is 0.348 e. The first-order chi connectivity index (χ1) is 11.2. The topological polar surface area (TPSA) is 34.0 Å². The zero-order chi connectivity index (χ0) is 16.2. The molecule has 2 aromatic heterocycles. The zero-order valence-corrected chi connectivity index (χ0v) is 14.1. The van der Waals surface area contributed by atoms with Gasteiger partial charge in [0.1, 0.15) is 0 Å². The summed E-state index contributed by atoms with van der Waals surface area (Å²) in [7, 11) is 2.17. The Labute approximate surface area is 137 Å². The van der Waals surface area contributed by atoms with E-state index in [-0.39, 0.29) is 0 Å². The first-order valence-corrected chi connectivity index (χ1v) is 8.20. The molecule has 3 rings (SSSR count). The van der Waals surface area contributed by atoms with Gasteiger partial charge in [0, 0.05) is 55.9 Å². The molecule has 0 saturated heterocycles. The van der Waals surface area contributed by atoms with Crippen molar-refractivity contribution in [3.63, 3.8) is 0 Å². The molecule has 0 aliphatic carbocycles.